The zero-order valence-corrected chi connectivity index (χ0v) is 18.6. The molecule has 168 valence electrons. The maximum atomic E-state index is 13.2. The van der Waals surface area contributed by atoms with Gasteiger partial charge in [-0.15, -0.1) is 0 Å². The van der Waals surface area contributed by atoms with Crippen LogP contribution in [0.3, 0.4) is 0 Å². The molecule has 10 heteroatoms. The van der Waals surface area contributed by atoms with Crippen molar-refractivity contribution in [1.29, 1.82) is 0 Å². The molecule has 0 N–H and O–H groups in total. The van der Waals surface area contributed by atoms with E-state index < -0.39 is 5.90 Å². The van der Waals surface area contributed by atoms with E-state index in [-0.39, 0.29) is 17.2 Å². The number of nitrogens with zero attached hydrogens (tertiary/aromatic N) is 6. The SMILES string of the molecule is O=c1c2ccccc2nc(SC/C([O-])=N/c2c[n+](N3CCCCC3)no2)n1-c1ccccc1. The Morgan fingerprint density at radius 2 is 1.85 bits per heavy atom. The second-order valence-electron chi connectivity index (χ2n) is 7.66. The third-order valence-electron chi connectivity index (χ3n) is 5.39. The standard InChI is InChI=1S/C23H22N6O3S/c30-20(25-21-15-28(26-32-21)27-13-7-2-8-14-27)16-33-23-24-19-12-6-5-11-18(19)22(31)29(23)17-9-3-1-4-10-17/h1,3-6,9-12,15H,2,7-8,13-14,16H2. The van der Waals surface area contributed by atoms with Crippen molar-refractivity contribution in [3.05, 3.63) is 71.1 Å². The smallest absolute Gasteiger partial charge is 0.324 e. The largest absolute Gasteiger partial charge is 0.861 e. The highest BCUT2D eigenvalue weighted by Gasteiger charge is 2.22. The van der Waals surface area contributed by atoms with Gasteiger partial charge < -0.3 is 5.11 Å². The summed E-state index contributed by atoms with van der Waals surface area (Å²) in [6, 6.07) is 16.4. The van der Waals surface area contributed by atoms with E-state index in [2.05, 4.69) is 20.3 Å². The van der Waals surface area contributed by atoms with Crippen molar-refractivity contribution in [2.75, 3.05) is 23.9 Å². The maximum Gasteiger partial charge on any atom is 0.324 e. The number of para-hydroxylation sites is 2. The predicted octanol–water partition coefficient (Wildman–Crippen LogP) is 1.97. The molecule has 1 aliphatic rings. The minimum absolute atomic E-state index is 0.00201. The summed E-state index contributed by atoms with van der Waals surface area (Å²) in [7, 11) is 0. The number of rotatable bonds is 6. The minimum atomic E-state index is -0.399. The van der Waals surface area contributed by atoms with Crippen molar-refractivity contribution in [2.45, 2.75) is 24.4 Å². The molecule has 1 fully saturated rings. The summed E-state index contributed by atoms with van der Waals surface area (Å²) in [5.41, 5.74) is 1.08. The number of aromatic nitrogens is 4. The number of thioether (sulfide) groups is 1. The minimum Gasteiger partial charge on any atom is -0.861 e. The van der Waals surface area contributed by atoms with E-state index in [0.717, 1.165) is 37.7 Å². The van der Waals surface area contributed by atoms with Gasteiger partial charge in [-0.05, 0) is 49.4 Å². The first-order chi connectivity index (χ1) is 16.2. The Morgan fingerprint density at radius 1 is 1.09 bits per heavy atom. The molecule has 5 rings (SSSR count). The molecule has 2 aromatic heterocycles. The number of piperidine rings is 1. The van der Waals surface area contributed by atoms with Crippen molar-refractivity contribution < 1.29 is 14.4 Å². The summed E-state index contributed by atoms with van der Waals surface area (Å²) in [5.74, 6) is -0.246. The Hall–Kier alpha value is -3.66. The molecular weight excluding hydrogens is 440 g/mol. The van der Waals surface area contributed by atoms with Crippen LogP contribution in [0.5, 0.6) is 0 Å². The van der Waals surface area contributed by atoms with Crippen molar-refractivity contribution in [3.63, 3.8) is 0 Å². The fourth-order valence-electron chi connectivity index (χ4n) is 3.79. The molecular formula is C23H22N6O3S. The first-order valence-electron chi connectivity index (χ1n) is 10.8. The van der Waals surface area contributed by atoms with Crippen LogP contribution in [0.4, 0.5) is 5.88 Å². The highest BCUT2D eigenvalue weighted by molar-refractivity contribution is 7.99. The molecule has 33 heavy (non-hydrogen) atoms. The lowest BCUT2D eigenvalue weighted by atomic mass is 10.2. The van der Waals surface area contributed by atoms with E-state index in [1.165, 1.54) is 11.0 Å². The van der Waals surface area contributed by atoms with Gasteiger partial charge in [-0.2, -0.15) is 5.01 Å². The first kappa shape index (κ1) is 21.2. The molecule has 0 aliphatic carbocycles. The van der Waals surface area contributed by atoms with Crippen molar-refractivity contribution in [3.8, 4) is 5.69 Å². The number of fused-ring (bicyclic) bond motifs is 1. The van der Waals surface area contributed by atoms with Crippen LogP contribution in [0.25, 0.3) is 16.6 Å². The van der Waals surface area contributed by atoms with Crippen LogP contribution in [0.15, 0.2) is 80.3 Å². The van der Waals surface area contributed by atoms with Gasteiger partial charge in [0.2, 0.25) is 5.27 Å². The monoisotopic (exact) mass is 462 g/mol. The molecule has 0 atom stereocenters. The number of benzene rings is 2. The van der Waals surface area contributed by atoms with Crippen molar-refractivity contribution in [2.24, 2.45) is 4.99 Å². The molecule has 0 radical (unpaired) electrons. The number of aliphatic imine (C=N–C) groups is 1. The quantitative estimate of drug-likeness (QED) is 0.142. The van der Waals surface area contributed by atoms with E-state index in [1.54, 1.807) is 23.1 Å². The van der Waals surface area contributed by atoms with E-state index in [1.807, 2.05) is 42.5 Å². The van der Waals surface area contributed by atoms with Gasteiger partial charge in [-0.25, -0.2) is 9.98 Å². The number of hydrogen-bond acceptors (Lipinski definition) is 8. The molecule has 0 amide bonds. The van der Waals surface area contributed by atoms with Gasteiger partial charge in [-0.1, -0.05) is 42.1 Å². The molecule has 0 spiro atoms. The van der Waals surface area contributed by atoms with Gasteiger partial charge in [0.25, 0.3) is 11.8 Å². The number of hydrogen-bond donors (Lipinski definition) is 0. The second kappa shape index (κ2) is 9.45. The van der Waals surface area contributed by atoms with Crippen LogP contribution < -0.4 is 20.5 Å². The van der Waals surface area contributed by atoms with Crippen molar-refractivity contribution >= 4 is 34.4 Å². The summed E-state index contributed by atoms with van der Waals surface area (Å²) in [5, 5.41) is 19.5. The van der Waals surface area contributed by atoms with Gasteiger partial charge in [0.1, 0.15) is 0 Å². The molecule has 0 saturated carbocycles. The molecule has 4 aromatic rings. The van der Waals surface area contributed by atoms with E-state index >= 15 is 0 Å². The van der Waals surface area contributed by atoms with Crippen LogP contribution in [-0.2, 0) is 0 Å². The molecule has 3 heterocycles. The topological polar surface area (TPSA) is 103 Å². The van der Waals surface area contributed by atoms with Crippen LogP contribution in [0.2, 0.25) is 0 Å². The summed E-state index contributed by atoms with van der Waals surface area (Å²) in [6.07, 6.45) is 5.02. The fraction of sp³-hybridized carbons (Fsp3) is 0.261. The predicted molar refractivity (Wildman–Crippen MR) is 124 cm³/mol. The second-order valence-corrected chi connectivity index (χ2v) is 8.60. The molecule has 9 nitrogen and oxygen atoms in total. The average molecular weight is 463 g/mol. The lowest BCUT2D eigenvalue weighted by Gasteiger charge is -2.17. The Morgan fingerprint density at radius 3 is 2.67 bits per heavy atom. The van der Waals surface area contributed by atoms with Crippen LogP contribution >= 0.6 is 11.8 Å². The highest BCUT2D eigenvalue weighted by atomic mass is 32.2. The average Bonchev–Trinajstić information content (AvgIpc) is 3.32. The van der Waals surface area contributed by atoms with Gasteiger partial charge in [0.15, 0.2) is 5.16 Å². The van der Waals surface area contributed by atoms with Crippen LogP contribution in [0, 0.1) is 0 Å². The van der Waals surface area contributed by atoms with Gasteiger partial charge in [0.05, 0.1) is 34.5 Å². The lowest BCUT2D eigenvalue weighted by molar-refractivity contribution is -0.759. The van der Waals surface area contributed by atoms with E-state index in [9.17, 15) is 9.90 Å². The maximum absolute atomic E-state index is 13.2. The summed E-state index contributed by atoms with van der Waals surface area (Å²) in [4.78, 5) is 23.5. The Labute approximate surface area is 193 Å². The zero-order valence-electron chi connectivity index (χ0n) is 17.8. The van der Waals surface area contributed by atoms with Gasteiger partial charge >= 0.3 is 5.88 Å². The van der Waals surface area contributed by atoms with E-state index in [0.29, 0.717) is 21.7 Å². The van der Waals surface area contributed by atoms with Crippen LogP contribution in [-0.4, -0.2) is 39.6 Å². The molecule has 0 unspecified atom stereocenters. The normalized spacial score (nSPS) is 14.7. The zero-order chi connectivity index (χ0) is 22.6. The Balaban J connectivity index is 1.40. The highest BCUT2D eigenvalue weighted by Crippen LogP contribution is 2.21. The molecule has 1 saturated heterocycles. The first-order valence-corrected chi connectivity index (χ1v) is 11.8. The summed E-state index contributed by atoms with van der Waals surface area (Å²) < 4.78 is 6.74. The van der Waals surface area contributed by atoms with Gasteiger partial charge in [-0.3, -0.25) is 13.9 Å². The summed E-state index contributed by atoms with van der Waals surface area (Å²) >= 11 is 1.16. The Bertz CT molecular complexity index is 1350. The third-order valence-corrected chi connectivity index (χ3v) is 6.31. The van der Waals surface area contributed by atoms with E-state index in [4.69, 9.17) is 4.52 Å². The Kier molecular flexibility index (Phi) is 6.07. The van der Waals surface area contributed by atoms with Crippen LogP contribution in [0.1, 0.15) is 19.3 Å². The fourth-order valence-corrected chi connectivity index (χ4v) is 4.59. The van der Waals surface area contributed by atoms with Gasteiger partial charge in [0, 0.05) is 5.75 Å². The molecule has 1 aliphatic heterocycles. The molecule has 2 aromatic carbocycles. The molecule has 0 bridgehead atoms. The van der Waals surface area contributed by atoms with Crippen molar-refractivity contribution in [1.82, 2.24) is 14.8 Å². The summed E-state index contributed by atoms with van der Waals surface area (Å²) in [6.45, 7) is 1.79. The lowest BCUT2D eigenvalue weighted by Crippen LogP contribution is -2.60. The third kappa shape index (κ3) is 4.61.